The first-order chi connectivity index (χ1) is 12.4. The Hall–Kier alpha value is -2.83. The van der Waals surface area contributed by atoms with Crippen molar-refractivity contribution in [1.82, 2.24) is 0 Å². The van der Waals surface area contributed by atoms with E-state index in [1.807, 2.05) is 0 Å². The molecule has 0 unspecified atom stereocenters. The van der Waals surface area contributed by atoms with Crippen molar-refractivity contribution in [2.45, 2.75) is 12.0 Å². The Labute approximate surface area is 153 Å². The van der Waals surface area contributed by atoms with E-state index in [0.717, 1.165) is 0 Å². The highest BCUT2D eigenvalue weighted by molar-refractivity contribution is 6.31. The van der Waals surface area contributed by atoms with Crippen molar-refractivity contribution in [3.05, 3.63) is 58.8 Å². The minimum Gasteiger partial charge on any atom is -0.493 e. The number of amides is 1. The lowest BCUT2D eigenvalue weighted by Gasteiger charge is -2.19. The van der Waals surface area contributed by atoms with Gasteiger partial charge >= 0.3 is 0 Å². The Morgan fingerprint density at radius 3 is 2.88 bits per heavy atom. The maximum absolute atomic E-state index is 12.7. The second-order valence-corrected chi connectivity index (χ2v) is 6.53. The van der Waals surface area contributed by atoms with Gasteiger partial charge < -0.3 is 19.6 Å². The number of halogens is 1. The molecule has 26 heavy (non-hydrogen) atoms. The van der Waals surface area contributed by atoms with Gasteiger partial charge in [-0.3, -0.25) is 9.59 Å². The van der Waals surface area contributed by atoms with E-state index in [4.69, 9.17) is 20.8 Å². The van der Waals surface area contributed by atoms with Gasteiger partial charge in [-0.25, -0.2) is 0 Å². The molecule has 2 heterocycles. The van der Waals surface area contributed by atoms with Crippen LogP contribution in [0.1, 0.15) is 22.5 Å². The van der Waals surface area contributed by atoms with Gasteiger partial charge in [-0.1, -0.05) is 23.7 Å². The SMILES string of the molecule is COc1cccc2cc(C(=O)C[C@]3(O)C(=O)Nc4ccc(Cl)cc43)oc12. The topological polar surface area (TPSA) is 88.8 Å². The number of methoxy groups -OCH3 is 1. The molecular formula is C19H14ClNO5. The van der Waals surface area contributed by atoms with Gasteiger partial charge in [0, 0.05) is 21.7 Å². The molecule has 6 nitrogen and oxygen atoms in total. The standard InChI is InChI=1S/C19H14ClNO5/c1-25-15-4-2-3-10-7-16(26-17(10)15)14(22)9-19(24)12-8-11(20)5-6-13(12)21-18(19)23/h2-8,24H,9H2,1H3,(H,21,23)/t19-/m1/s1. The van der Waals surface area contributed by atoms with E-state index in [9.17, 15) is 14.7 Å². The normalized spacial score (nSPS) is 18.7. The number of nitrogens with one attached hydrogen (secondary N) is 1. The summed E-state index contributed by atoms with van der Waals surface area (Å²) in [6.45, 7) is 0. The third kappa shape index (κ3) is 2.46. The lowest BCUT2D eigenvalue weighted by atomic mass is 9.89. The van der Waals surface area contributed by atoms with E-state index in [1.54, 1.807) is 36.4 Å². The Kier molecular flexibility index (Phi) is 3.75. The second-order valence-electron chi connectivity index (χ2n) is 6.09. The molecule has 0 spiro atoms. The van der Waals surface area contributed by atoms with E-state index in [-0.39, 0.29) is 11.3 Å². The number of rotatable bonds is 4. The predicted molar refractivity (Wildman–Crippen MR) is 95.7 cm³/mol. The maximum atomic E-state index is 12.7. The van der Waals surface area contributed by atoms with Crippen LogP contribution in [-0.4, -0.2) is 23.9 Å². The molecule has 0 aliphatic carbocycles. The minimum absolute atomic E-state index is 0.0428. The summed E-state index contributed by atoms with van der Waals surface area (Å²) in [5.41, 5.74) is -0.858. The van der Waals surface area contributed by atoms with Crippen LogP contribution < -0.4 is 10.1 Å². The van der Waals surface area contributed by atoms with Crippen LogP contribution in [0.5, 0.6) is 5.75 Å². The average Bonchev–Trinajstić information content (AvgIpc) is 3.16. The highest BCUT2D eigenvalue weighted by Crippen LogP contribution is 2.41. The number of carbonyl (C=O) groups is 2. The highest BCUT2D eigenvalue weighted by atomic mass is 35.5. The van der Waals surface area contributed by atoms with Gasteiger partial charge in [-0.2, -0.15) is 0 Å². The average molecular weight is 372 g/mol. The molecule has 1 amide bonds. The van der Waals surface area contributed by atoms with Gasteiger partial charge in [0.2, 0.25) is 5.78 Å². The number of ether oxygens (including phenoxy) is 1. The first kappa shape index (κ1) is 16.6. The Bertz CT molecular complexity index is 1060. The summed E-state index contributed by atoms with van der Waals surface area (Å²) < 4.78 is 10.8. The molecule has 132 valence electrons. The first-order valence-corrected chi connectivity index (χ1v) is 8.24. The molecule has 7 heteroatoms. The van der Waals surface area contributed by atoms with E-state index in [2.05, 4.69) is 5.32 Å². The van der Waals surface area contributed by atoms with Crippen molar-refractivity contribution in [1.29, 1.82) is 0 Å². The summed E-state index contributed by atoms with van der Waals surface area (Å²) in [4.78, 5) is 25.0. The minimum atomic E-state index is -2.00. The lowest BCUT2D eigenvalue weighted by molar-refractivity contribution is -0.133. The van der Waals surface area contributed by atoms with Gasteiger partial charge in [0.25, 0.3) is 5.91 Å². The number of anilines is 1. The number of fused-ring (bicyclic) bond motifs is 2. The van der Waals surface area contributed by atoms with Crippen molar-refractivity contribution in [2.75, 3.05) is 12.4 Å². The number of carbonyl (C=O) groups excluding carboxylic acids is 2. The summed E-state index contributed by atoms with van der Waals surface area (Å²) >= 11 is 5.97. The fourth-order valence-corrected chi connectivity index (χ4v) is 3.32. The Morgan fingerprint density at radius 2 is 2.12 bits per heavy atom. The van der Waals surface area contributed by atoms with Gasteiger partial charge in [-0.05, 0) is 30.3 Å². The number of hydrogen-bond acceptors (Lipinski definition) is 5. The zero-order chi connectivity index (χ0) is 18.5. The molecule has 1 aliphatic heterocycles. The first-order valence-electron chi connectivity index (χ1n) is 7.86. The van der Waals surface area contributed by atoms with Crippen LogP contribution >= 0.6 is 11.6 Å². The summed E-state index contributed by atoms with van der Waals surface area (Å²) in [6.07, 6.45) is -0.464. The molecule has 0 saturated carbocycles. The number of furan rings is 1. The molecule has 1 atom stereocenters. The van der Waals surface area contributed by atoms with Gasteiger partial charge in [0.1, 0.15) is 0 Å². The van der Waals surface area contributed by atoms with Crippen molar-refractivity contribution >= 4 is 39.9 Å². The Balaban J connectivity index is 1.71. The third-order valence-corrected chi connectivity index (χ3v) is 4.71. The molecule has 4 rings (SSSR count). The summed E-state index contributed by atoms with van der Waals surface area (Å²) in [6, 6.07) is 11.5. The zero-order valence-electron chi connectivity index (χ0n) is 13.7. The van der Waals surface area contributed by atoms with Gasteiger partial charge in [0.15, 0.2) is 22.7 Å². The summed E-state index contributed by atoms with van der Waals surface area (Å²) in [5.74, 6) is -0.636. The molecule has 3 aromatic rings. The fraction of sp³-hybridized carbons (Fsp3) is 0.158. The second kappa shape index (κ2) is 5.86. The van der Waals surface area contributed by atoms with E-state index in [1.165, 1.54) is 13.2 Å². The fourth-order valence-electron chi connectivity index (χ4n) is 3.15. The molecular weight excluding hydrogens is 358 g/mol. The quantitative estimate of drug-likeness (QED) is 0.685. The number of Topliss-reactive ketones (excluding diaryl/α,β-unsaturated/α-hetero) is 1. The van der Waals surface area contributed by atoms with Crippen LogP contribution in [0.2, 0.25) is 5.02 Å². The number of para-hydroxylation sites is 1. The number of aliphatic hydroxyl groups is 1. The van der Waals surface area contributed by atoms with Crippen LogP contribution in [-0.2, 0) is 10.4 Å². The molecule has 0 saturated heterocycles. The summed E-state index contributed by atoms with van der Waals surface area (Å²) in [5, 5.41) is 14.5. The monoisotopic (exact) mass is 371 g/mol. The maximum Gasteiger partial charge on any atom is 0.261 e. The van der Waals surface area contributed by atoms with Crippen molar-refractivity contribution in [2.24, 2.45) is 0 Å². The number of benzene rings is 2. The van der Waals surface area contributed by atoms with E-state index < -0.39 is 23.7 Å². The molecule has 0 radical (unpaired) electrons. The van der Waals surface area contributed by atoms with Crippen LogP contribution in [0.4, 0.5) is 5.69 Å². The van der Waals surface area contributed by atoms with Crippen molar-refractivity contribution in [3.63, 3.8) is 0 Å². The van der Waals surface area contributed by atoms with Crippen molar-refractivity contribution in [3.8, 4) is 5.75 Å². The van der Waals surface area contributed by atoms with E-state index in [0.29, 0.717) is 27.4 Å². The van der Waals surface area contributed by atoms with Crippen LogP contribution in [0.15, 0.2) is 46.9 Å². The molecule has 2 N–H and O–H groups in total. The van der Waals surface area contributed by atoms with Crippen molar-refractivity contribution < 1.29 is 23.8 Å². The van der Waals surface area contributed by atoms with Gasteiger partial charge in [0.05, 0.1) is 13.5 Å². The molecule has 1 aliphatic rings. The molecule has 2 aromatic carbocycles. The lowest BCUT2D eigenvalue weighted by Crippen LogP contribution is -2.36. The highest BCUT2D eigenvalue weighted by Gasteiger charge is 2.47. The van der Waals surface area contributed by atoms with Crippen LogP contribution in [0.3, 0.4) is 0 Å². The van der Waals surface area contributed by atoms with Crippen LogP contribution in [0.25, 0.3) is 11.0 Å². The van der Waals surface area contributed by atoms with Gasteiger partial charge in [-0.15, -0.1) is 0 Å². The largest absolute Gasteiger partial charge is 0.493 e. The Morgan fingerprint density at radius 1 is 1.31 bits per heavy atom. The predicted octanol–water partition coefficient (Wildman–Crippen LogP) is 3.51. The number of ketones is 1. The molecule has 0 fully saturated rings. The molecule has 0 bridgehead atoms. The smallest absolute Gasteiger partial charge is 0.261 e. The van der Waals surface area contributed by atoms with E-state index >= 15 is 0 Å². The third-order valence-electron chi connectivity index (χ3n) is 4.47. The molecule has 1 aromatic heterocycles. The zero-order valence-corrected chi connectivity index (χ0v) is 14.5. The van der Waals surface area contributed by atoms with Crippen LogP contribution in [0, 0.1) is 0 Å². The summed E-state index contributed by atoms with van der Waals surface area (Å²) in [7, 11) is 1.51. The number of hydrogen-bond donors (Lipinski definition) is 2.